The molecule has 0 saturated carbocycles. The molecule has 0 radical (unpaired) electrons. The summed E-state index contributed by atoms with van der Waals surface area (Å²) in [5.74, 6) is -3.01. The Balaban J connectivity index is 0.000000413. The fraction of sp³-hybridized carbons (Fsp3) is 0.351. The zero-order valence-corrected chi connectivity index (χ0v) is 29.4. The summed E-state index contributed by atoms with van der Waals surface area (Å²) in [5, 5.41) is 42.3. The van der Waals surface area contributed by atoms with Crippen LogP contribution in [0, 0.1) is 0 Å². The molecule has 1 fully saturated rings. The number of anilines is 2. The van der Waals surface area contributed by atoms with Gasteiger partial charge in [-0.15, -0.1) is 0 Å². The maximum absolute atomic E-state index is 10.3. The van der Waals surface area contributed by atoms with Crippen molar-refractivity contribution < 1.29 is 53.9 Å². The lowest BCUT2D eigenvalue weighted by molar-refractivity contribution is -0.170. The average Bonchev–Trinajstić information content (AvgIpc) is 3.14. The van der Waals surface area contributed by atoms with Gasteiger partial charge in [0, 0.05) is 36.8 Å². The van der Waals surface area contributed by atoms with Crippen LogP contribution in [0.15, 0.2) is 78.2 Å². The van der Waals surface area contributed by atoms with Gasteiger partial charge in [0.25, 0.3) is 0 Å². The molecule has 1 aromatic heterocycles. The van der Waals surface area contributed by atoms with Crippen molar-refractivity contribution in [3.05, 3.63) is 84.2 Å². The zero-order valence-electron chi connectivity index (χ0n) is 29.4. The molecule has 282 valence electrons. The van der Waals surface area contributed by atoms with Crippen LogP contribution < -0.4 is 14.8 Å². The van der Waals surface area contributed by atoms with E-state index in [1.165, 1.54) is 0 Å². The number of ether oxygens (including phenoxy) is 3. The zero-order chi connectivity index (χ0) is 38.2. The van der Waals surface area contributed by atoms with E-state index in [0.29, 0.717) is 30.5 Å². The first-order chi connectivity index (χ1) is 25.5. The lowest BCUT2D eigenvalue weighted by atomic mass is 9.96. The van der Waals surface area contributed by atoms with Crippen molar-refractivity contribution in [1.82, 2.24) is 14.9 Å². The molecule has 3 aromatic carbocycles. The van der Waals surface area contributed by atoms with E-state index in [9.17, 15) is 14.4 Å². The highest BCUT2D eigenvalue weighted by Crippen LogP contribution is 2.35. The van der Waals surface area contributed by atoms with Gasteiger partial charge in [0.15, 0.2) is 17.1 Å². The van der Waals surface area contributed by atoms with Gasteiger partial charge in [0.2, 0.25) is 0 Å². The molecule has 16 heteroatoms. The molecule has 0 aliphatic carbocycles. The number of aromatic nitrogens is 2. The molecule has 1 aliphatic heterocycles. The van der Waals surface area contributed by atoms with Crippen molar-refractivity contribution in [3.8, 4) is 11.5 Å². The van der Waals surface area contributed by atoms with Crippen LogP contribution in [-0.2, 0) is 30.6 Å². The number of methoxy groups -OCH3 is 1. The Labute approximate surface area is 305 Å². The van der Waals surface area contributed by atoms with E-state index < -0.39 is 36.4 Å². The molecule has 16 nitrogen and oxygen atoms in total. The van der Waals surface area contributed by atoms with E-state index >= 15 is 0 Å². The van der Waals surface area contributed by atoms with Crippen LogP contribution in [0.3, 0.4) is 0 Å². The molecule has 0 spiro atoms. The summed E-state index contributed by atoms with van der Waals surface area (Å²) in [5.41, 5.74) is 1.78. The summed E-state index contributed by atoms with van der Waals surface area (Å²) in [6.45, 7) is 7.48. The Kier molecular flexibility index (Phi) is 14.8. The minimum atomic E-state index is -2.74. The summed E-state index contributed by atoms with van der Waals surface area (Å²) < 4.78 is 17.2. The number of morpholine rings is 1. The van der Waals surface area contributed by atoms with Crippen molar-refractivity contribution in [1.29, 1.82) is 0 Å². The average molecular weight is 734 g/mol. The number of fused-ring (bicyclic) bond motifs is 1. The van der Waals surface area contributed by atoms with E-state index in [1.807, 2.05) is 73.7 Å². The lowest BCUT2D eigenvalue weighted by Gasteiger charge is -2.26. The Bertz CT molecular complexity index is 1830. The van der Waals surface area contributed by atoms with Gasteiger partial charge in [-0.05, 0) is 42.7 Å². The topological polar surface area (TPSA) is 222 Å². The summed E-state index contributed by atoms with van der Waals surface area (Å²) in [7, 11) is 1.64. The fourth-order valence-corrected chi connectivity index (χ4v) is 5.21. The van der Waals surface area contributed by atoms with E-state index in [4.69, 9.17) is 39.5 Å². The maximum Gasteiger partial charge on any atom is 0.336 e. The van der Waals surface area contributed by atoms with Crippen molar-refractivity contribution in [2.75, 3.05) is 51.9 Å². The molecule has 4 aromatic rings. The molecule has 2 heterocycles. The second-order valence-electron chi connectivity index (χ2n) is 12.0. The molecular formula is C37H43N5O11. The number of hydrogen-bond donors (Lipinski definition) is 5. The number of carboxylic acids is 3. The van der Waals surface area contributed by atoms with Gasteiger partial charge in [-0.25, -0.2) is 14.8 Å². The van der Waals surface area contributed by atoms with Crippen molar-refractivity contribution in [2.45, 2.75) is 38.4 Å². The number of aliphatic carboxylic acids is 3. The minimum Gasteiger partial charge on any atom is -0.493 e. The predicted molar refractivity (Wildman–Crippen MR) is 194 cm³/mol. The third-order valence-corrected chi connectivity index (χ3v) is 8.03. The second kappa shape index (κ2) is 19.7. The van der Waals surface area contributed by atoms with E-state index in [-0.39, 0.29) is 0 Å². The van der Waals surface area contributed by atoms with Crippen molar-refractivity contribution >= 4 is 46.0 Å². The van der Waals surface area contributed by atoms with Crippen LogP contribution in [-0.4, -0.2) is 111 Å². The Morgan fingerprint density at radius 3 is 2.25 bits per heavy atom. The number of benzene rings is 3. The smallest absolute Gasteiger partial charge is 0.336 e. The normalized spacial score (nSPS) is 13.4. The molecule has 0 bridgehead atoms. The predicted octanol–water partition coefficient (Wildman–Crippen LogP) is 4.18. The number of hydrogen-bond acceptors (Lipinski definition) is 13. The highest BCUT2D eigenvalue weighted by atomic mass is 16.6. The largest absolute Gasteiger partial charge is 0.493 e. The number of nitrogens with zero attached hydrogens (tertiary/aromatic N) is 4. The Morgan fingerprint density at radius 1 is 0.943 bits per heavy atom. The van der Waals surface area contributed by atoms with E-state index in [2.05, 4.69) is 25.3 Å². The van der Waals surface area contributed by atoms with Crippen LogP contribution >= 0.6 is 0 Å². The van der Waals surface area contributed by atoms with Crippen molar-refractivity contribution in [3.63, 3.8) is 0 Å². The summed E-state index contributed by atoms with van der Waals surface area (Å²) in [6, 6.07) is 21.8. The monoisotopic (exact) mass is 733 g/mol. The molecule has 0 atom stereocenters. The maximum atomic E-state index is 10.3. The number of carbonyl (C=O) groups is 3. The van der Waals surface area contributed by atoms with Crippen molar-refractivity contribution in [2.24, 2.45) is 5.16 Å². The van der Waals surface area contributed by atoms with Crippen LogP contribution in [0.5, 0.6) is 11.5 Å². The van der Waals surface area contributed by atoms with E-state index in [1.54, 1.807) is 13.4 Å². The number of carboxylic acid groups (broad SMARTS) is 3. The van der Waals surface area contributed by atoms with Gasteiger partial charge in [-0.2, -0.15) is 0 Å². The van der Waals surface area contributed by atoms with Crippen LogP contribution in [0.2, 0.25) is 0 Å². The van der Waals surface area contributed by atoms with Gasteiger partial charge in [-0.1, -0.05) is 47.6 Å². The lowest BCUT2D eigenvalue weighted by Crippen LogP contribution is -2.42. The van der Waals surface area contributed by atoms with Gasteiger partial charge < -0.3 is 44.8 Å². The standard InChI is InChI=1S/C31H35N5O4.C6H8O7/c1-23(35-40-21-24-7-4-3-5-8-24)25-9-11-26(12-10-25)34-31-27-19-30(29(37-2)20-28(27)32-22-33-31)39-16-6-13-36-14-17-38-18-15-36;7-3(8)1-6(13,5(11)12)2-4(9)10/h3-5,7-12,19-20,22H,6,13-18,21H2,1-2H3,(H,32,33,34);13H,1-2H2,(H,7,8)(H,9,10)(H,11,12)/b35-23+;. The summed E-state index contributed by atoms with van der Waals surface area (Å²) in [6.07, 6.45) is 0.176. The first kappa shape index (κ1) is 39.9. The molecular weight excluding hydrogens is 690 g/mol. The van der Waals surface area contributed by atoms with Crippen LogP contribution in [0.1, 0.15) is 37.3 Å². The highest BCUT2D eigenvalue weighted by Gasteiger charge is 2.40. The molecule has 1 aliphatic rings. The van der Waals surface area contributed by atoms with Gasteiger partial charge in [-0.3, -0.25) is 14.5 Å². The van der Waals surface area contributed by atoms with Gasteiger partial charge in [0.1, 0.15) is 18.8 Å². The summed E-state index contributed by atoms with van der Waals surface area (Å²) in [4.78, 5) is 47.4. The fourth-order valence-electron chi connectivity index (χ4n) is 5.21. The highest BCUT2D eigenvalue weighted by molar-refractivity contribution is 5.99. The number of nitrogens with one attached hydrogen (secondary N) is 1. The van der Waals surface area contributed by atoms with Crippen LogP contribution in [0.4, 0.5) is 11.5 Å². The molecule has 0 amide bonds. The molecule has 5 rings (SSSR count). The quantitative estimate of drug-likeness (QED) is 0.0584. The van der Waals surface area contributed by atoms with Crippen LogP contribution in [0.25, 0.3) is 10.9 Å². The van der Waals surface area contributed by atoms with Gasteiger partial charge >= 0.3 is 17.9 Å². The third kappa shape index (κ3) is 12.4. The number of aliphatic hydroxyl groups is 1. The Hall–Kier alpha value is -5.84. The molecule has 0 unspecified atom stereocenters. The third-order valence-electron chi connectivity index (χ3n) is 8.03. The minimum absolute atomic E-state index is 0.433. The Morgan fingerprint density at radius 2 is 1.62 bits per heavy atom. The SMILES string of the molecule is COc1cc2ncnc(Nc3ccc(/C(C)=N/OCc4ccccc4)cc3)c2cc1OCCCN1CCOCC1.O=C(O)CC(O)(CC(=O)O)C(=O)O. The molecule has 1 saturated heterocycles. The van der Waals surface area contributed by atoms with E-state index in [0.717, 1.165) is 72.7 Å². The second-order valence-corrected chi connectivity index (χ2v) is 12.0. The van der Waals surface area contributed by atoms with Gasteiger partial charge in [0.05, 0.1) is 51.0 Å². The first-order valence-corrected chi connectivity index (χ1v) is 16.7. The summed E-state index contributed by atoms with van der Waals surface area (Å²) >= 11 is 0. The first-order valence-electron chi connectivity index (χ1n) is 16.7. The number of rotatable bonds is 17. The molecule has 53 heavy (non-hydrogen) atoms. The molecule has 5 N–H and O–H groups in total. The number of oxime groups is 1.